The molecular weight excluding hydrogens is 348 g/mol. The van der Waals surface area contributed by atoms with Crippen molar-refractivity contribution in [1.82, 2.24) is 9.62 Å². The maximum Gasteiger partial charge on any atom is 0.253 e. The number of aryl methyl sites for hydroxylation is 2. The summed E-state index contributed by atoms with van der Waals surface area (Å²) >= 11 is 0. The van der Waals surface area contributed by atoms with Gasteiger partial charge in [-0.05, 0) is 62.1 Å². The van der Waals surface area contributed by atoms with Gasteiger partial charge in [0.05, 0.1) is 4.90 Å². The lowest BCUT2D eigenvalue weighted by Gasteiger charge is -2.19. The average Bonchev–Trinajstić information content (AvgIpc) is 3.40. The van der Waals surface area contributed by atoms with Crippen LogP contribution in [-0.4, -0.2) is 32.3 Å². The summed E-state index contributed by atoms with van der Waals surface area (Å²) in [5, 5.41) is 0. The van der Waals surface area contributed by atoms with Crippen molar-refractivity contribution >= 4 is 15.9 Å². The predicted molar refractivity (Wildman–Crippen MR) is 101 cm³/mol. The minimum atomic E-state index is -3.49. The van der Waals surface area contributed by atoms with Crippen LogP contribution in [0.2, 0.25) is 0 Å². The summed E-state index contributed by atoms with van der Waals surface area (Å²) in [4.78, 5) is 14.5. The second-order valence-electron chi connectivity index (χ2n) is 7.01. The van der Waals surface area contributed by atoms with Gasteiger partial charge >= 0.3 is 0 Å². The Kier molecular flexibility index (Phi) is 5.16. The van der Waals surface area contributed by atoms with Crippen molar-refractivity contribution in [2.24, 2.45) is 0 Å². The van der Waals surface area contributed by atoms with Crippen LogP contribution >= 0.6 is 0 Å². The second-order valence-corrected chi connectivity index (χ2v) is 8.73. The molecule has 3 rings (SSSR count). The molecule has 0 heterocycles. The molecule has 26 heavy (non-hydrogen) atoms. The van der Waals surface area contributed by atoms with Crippen LogP contribution in [0.3, 0.4) is 0 Å². The number of hydrogen-bond donors (Lipinski definition) is 1. The molecule has 1 aliphatic carbocycles. The van der Waals surface area contributed by atoms with E-state index in [-0.39, 0.29) is 16.8 Å². The Balaban J connectivity index is 1.70. The highest BCUT2D eigenvalue weighted by molar-refractivity contribution is 7.89. The molecule has 1 fully saturated rings. The van der Waals surface area contributed by atoms with E-state index < -0.39 is 10.0 Å². The SMILES string of the molecule is Cc1ccc(CN(C)C(=O)c2ccc(S(=O)(=O)NC3CC3)cc2)c(C)c1. The van der Waals surface area contributed by atoms with Gasteiger partial charge in [-0.2, -0.15) is 0 Å². The Morgan fingerprint density at radius 2 is 1.77 bits per heavy atom. The minimum absolute atomic E-state index is 0.0604. The van der Waals surface area contributed by atoms with Crippen molar-refractivity contribution < 1.29 is 13.2 Å². The third kappa shape index (κ3) is 4.31. The molecule has 0 aromatic heterocycles. The summed E-state index contributed by atoms with van der Waals surface area (Å²) < 4.78 is 27.0. The Morgan fingerprint density at radius 3 is 2.35 bits per heavy atom. The molecule has 0 atom stereocenters. The van der Waals surface area contributed by atoms with Crippen LogP contribution in [0, 0.1) is 13.8 Å². The fourth-order valence-corrected chi connectivity index (χ4v) is 4.14. The molecule has 1 N–H and O–H groups in total. The molecule has 138 valence electrons. The van der Waals surface area contributed by atoms with Crippen LogP contribution in [0.4, 0.5) is 0 Å². The molecule has 6 heteroatoms. The van der Waals surface area contributed by atoms with E-state index in [1.54, 1.807) is 24.1 Å². The molecule has 0 aliphatic heterocycles. The monoisotopic (exact) mass is 372 g/mol. The van der Waals surface area contributed by atoms with Crippen molar-refractivity contribution in [2.75, 3.05) is 7.05 Å². The lowest BCUT2D eigenvalue weighted by Crippen LogP contribution is -2.27. The Morgan fingerprint density at radius 1 is 1.12 bits per heavy atom. The summed E-state index contributed by atoms with van der Waals surface area (Å²) in [6.45, 7) is 4.58. The molecule has 0 bridgehead atoms. The number of nitrogens with one attached hydrogen (secondary N) is 1. The van der Waals surface area contributed by atoms with E-state index in [2.05, 4.69) is 10.8 Å². The van der Waals surface area contributed by atoms with Crippen molar-refractivity contribution in [3.63, 3.8) is 0 Å². The van der Waals surface area contributed by atoms with Gasteiger partial charge in [-0.15, -0.1) is 0 Å². The highest BCUT2D eigenvalue weighted by atomic mass is 32.2. The smallest absolute Gasteiger partial charge is 0.253 e. The molecule has 0 radical (unpaired) electrons. The first-order valence-corrected chi connectivity index (χ1v) is 10.2. The predicted octanol–water partition coefficient (Wildman–Crippen LogP) is 3.02. The molecule has 2 aromatic rings. The maximum atomic E-state index is 12.6. The lowest BCUT2D eigenvalue weighted by atomic mass is 10.1. The number of carbonyl (C=O) groups is 1. The first-order valence-electron chi connectivity index (χ1n) is 8.70. The van der Waals surface area contributed by atoms with Crippen LogP contribution in [0.25, 0.3) is 0 Å². The zero-order valence-electron chi connectivity index (χ0n) is 15.3. The van der Waals surface area contributed by atoms with Gasteiger partial charge in [0.2, 0.25) is 10.0 Å². The van der Waals surface area contributed by atoms with Gasteiger partial charge in [0.1, 0.15) is 0 Å². The van der Waals surface area contributed by atoms with Gasteiger partial charge in [0.25, 0.3) is 5.91 Å². The van der Waals surface area contributed by atoms with Gasteiger partial charge in [-0.1, -0.05) is 23.8 Å². The van der Waals surface area contributed by atoms with Crippen LogP contribution in [0.1, 0.15) is 39.9 Å². The van der Waals surface area contributed by atoms with E-state index in [0.717, 1.165) is 24.0 Å². The van der Waals surface area contributed by atoms with Crippen LogP contribution in [-0.2, 0) is 16.6 Å². The third-order valence-electron chi connectivity index (χ3n) is 4.56. The van der Waals surface area contributed by atoms with Crippen LogP contribution < -0.4 is 4.72 Å². The van der Waals surface area contributed by atoms with Crippen molar-refractivity contribution in [3.8, 4) is 0 Å². The second kappa shape index (κ2) is 7.21. The number of benzene rings is 2. The molecule has 2 aromatic carbocycles. The summed E-state index contributed by atoms with van der Waals surface area (Å²) in [7, 11) is -1.74. The molecule has 0 spiro atoms. The quantitative estimate of drug-likeness (QED) is 0.848. The fourth-order valence-electron chi connectivity index (χ4n) is 2.84. The lowest BCUT2D eigenvalue weighted by molar-refractivity contribution is 0.0785. The molecule has 1 saturated carbocycles. The zero-order valence-corrected chi connectivity index (χ0v) is 16.1. The highest BCUT2D eigenvalue weighted by Crippen LogP contribution is 2.22. The van der Waals surface area contributed by atoms with Crippen molar-refractivity contribution in [1.29, 1.82) is 0 Å². The number of hydrogen-bond acceptors (Lipinski definition) is 3. The van der Waals surface area contributed by atoms with E-state index in [1.807, 2.05) is 26.0 Å². The number of nitrogens with zero attached hydrogens (tertiary/aromatic N) is 1. The van der Waals surface area contributed by atoms with E-state index in [0.29, 0.717) is 12.1 Å². The van der Waals surface area contributed by atoms with Crippen LogP contribution in [0.15, 0.2) is 47.4 Å². The number of amides is 1. The minimum Gasteiger partial charge on any atom is -0.337 e. The molecular formula is C20H24N2O3S. The Labute approximate surface area is 155 Å². The summed E-state index contributed by atoms with van der Waals surface area (Å²) in [6, 6.07) is 12.3. The van der Waals surface area contributed by atoms with Crippen molar-refractivity contribution in [2.45, 2.75) is 44.2 Å². The maximum absolute atomic E-state index is 12.6. The molecule has 1 amide bonds. The largest absolute Gasteiger partial charge is 0.337 e. The van der Waals surface area contributed by atoms with E-state index in [1.165, 1.54) is 17.7 Å². The van der Waals surface area contributed by atoms with Crippen LogP contribution in [0.5, 0.6) is 0 Å². The third-order valence-corrected chi connectivity index (χ3v) is 6.10. The van der Waals surface area contributed by atoms with E-state index in [4.69, 9.17) is 0 Å². The van der Waals surface area contributed by atoms with Gasteiger partial charge in [0, 0.05) is 25.2 Å². The van der Waals surface area contributed by atoms with Gasteiger partial charge < -0.3 is 4.90 Å². The number of carbonyl (C=O) groups excluding carboxylic acids is 1. The number of sulfonamides is 1. The molecule has 0 saturated heterocycles. The van der Waals surface area contributed by atoms with E-state index in [9.17, 15) is 13.2 Å². The first-order chi connectivity index (χ1) is 12.3. The number of rotatable bonds is 6. The average molecular weight is 372 g/mol. The van der Waals surface area contributed by atoms with Gasteiger partial charge in [0.15, 0.2) is 0 Å². The first kappa shape index (κ1) is 18.6. The zero-order chi connectivity index (χ0) is 18.9. The normalized spacial score (nSPS) is 14.3. The molecule has 0 unspecified atom stereocenters. The summed E-state index contributed by atoms with van der Waals surface area (Å²) in [6.07, 6.45) is 1.78. The molecule has 5 nitrogen and oxygen atoms in total. The summed E-state index contributed by atoms with van der Waals surface area (Å²) in [5.41, 5.74) is 3.91. The van der Waals surface area contributed by atoms with Gasteiger partial charge in [-0.25, -0.2) is 13.1 Å². The summed E-state index contributed by atoms with van der Waals surface area (Å²) in [5.74, 6) is -0.135. The van der Waals surface area contributed by atoms with E-state index >= 15 is 0 Å². The van der Waals surface area contributed by atoms with Crippen molar-refractivity contribution in [3.05, 3.63) is 64.7 Å². The Hall–Kier alpha value is -2.18. The standard InChI is InChI=1S/C20H24N2O3S/c1-14-4-5-17(15(2)12-14)13-22(3)20(23)16-6-10-19(11-7-16)26(24,25)21-18-8-9-18/h4-7,10-12,18,21H,8-9,13H2,1-3H3. The fraction of sp³-hybridized carbons (Fsp3) is 0.350. The highest BCUT2D eigenvalue weighted by Gasteiger charge is 2.28. The van der Waals surface area contributed by atoms with Gasteiger partial charge in [-0.3, -0.25) is 4.79 Å². The topological polar surface area (TPSA) is 66.5 Å². The molecule has 1 aliphatic rings. The Bertz CT molecular complexity index is 917.